The Labute approximate surface area is 213 Å². The highest BCUT2D eigenvalue weighted by Gasteiger charge is 2.21. The minimum Gasteiger partial charge on any atom is -0.494 e. The molecule has 0 aliphatic rings. The van der Waals surface area contributed by atoms with E-state index >= 15 is 0 Å². The van der Waals surface area contributed by atoms with Gasteiger partial charge >= 0.3 is 5.69 Å². The van der Waals surface area contributed by atoms with Crippen molar-refractivity contribution in [2.24, 2.45) is 5.92 Å². The second kappa shape index (κ2) is 10.4. The number of amides is 1. The maximum Gasteiger partial charge on any atom is 0.352 e. The van der Waals surface area contributed by atoms with Crippen molar-refractivity contribution in [3.8, 4) is 5.75 Å². The molecule has 0 radical (unpaired) electrons. The van der Waals surface area contributed by atoms with Gasteiger partial charge in [-0.25, -0.2) is 13.9 Å². The van der Waals surface area contributed by atoms with Gasteiger partial charge < -0.3 is 10.1 Å². The molecular formula is C27H31N5O5. The first-order chi connectivity index (χ1) is 17.6. The molecule has 0 unspecified atom stereocenters. The molecule has 10 heteroatoms. The first kappa shape index (κ1) is 25.9. The Balaban J connectivity index is 1.83. The minimum atomic E-state index is -0.576. The van der Waals surface area contributed by atoms with Crippen molar-refractivity contribution in [3.63, 3.8) is 0 Å². The van der Waals surface area contributed by atoms with Crippen LogP contribution in [0.5, 0.6) is 5.75 Å². The first-order valence-electron chi connectivity index (χ1n) is 12.3. The summed E-state index contributed by atoms with van der Waals surface area (Å²) in [5.74, 6) is 0.400. The molecular weight excluding hydrogens is 474 g/mol. The van der Waals surface area contributed by atoms with Crippen LogP contribution in [0, 0.1) is 5.92 Å². The molecule has 37 heavy (non-hydrogen) atoms. The number of nitrogens with one attached hydrogen (secondary N) is 1. The van der Waals surface area contributed by atoms with Gasteiger partial charge in [0.25, 0.3) is 11.5 Å². The van der Waals surface area contributed by atoms with Crippen molar-refractivity contribution < 1.29 is 14.3 Å². The number of carbonyl (C=O) groups is 2. The molecule has 1 amide bonds. The van der Waals surface area contributed by atoms with E-state index in [4.69, 9.17) is 4.74 Å². The standard InChI is InChI=1S/C27H31N5O5/c1-6-37-20-10-7-18(8-11-20)23(33)15-30-27(36)32-22-13-19(24(34)28-14-16(2)3)9-12-21(22)25(35)31(17(4)5)26(32)29-30/h7-13,16-17H,6,14-15H2,1-5H3,(H,28,34). The van der Waals surface area contributed by atoms with Crippen molar-refractivity contribution in [1.29, 1.82) is 0 Å². The van der Waals surface area contributed by atoms with E-state index < -0.39 is 5.69 Å². The van der Waals surface area contributed by atoms with Crippen LogP contribution in [0.25, 0.3) is 16.7 Å². The number of nitrogens with zero attached hydrogens (tertiary/aromatic N) is 4. The molecule has 4 aromatic rings. The van der Waals surface area contributed by atoms with Gasteiger partial charge in [-0.1, -0.05) is 13.8 Å². The summed E-state index contributed by atoms with van der Waals surface area (Å²) < 4.78 is 9.18. The Hall–Kier alpha value is -4.21. The third-order valence-corrected chi connectivity index (χ3v) is 5.96. The number of ether oxygens (including phenoxy) is 1. The number of hydrogen-bond donors (Lipinski definition) is 1. The van der Waals surface area contributed by atoms with E-state index in [1.165, 1.54) is 15.0 Å². The maximum absolute atomic E-state index is 13.5. The first-order valence-corrected chi connectivity index (χ1v) is 12.3. The summed E-state index contributed by atoms with van der Waals surface area (Å²) in [6.07, 6.45) is 0. The van der Waals surface area contributed by atoms with Crippen LogP contribution in [0.4, 0.5) is 0 Å². The highest BCUT2D eigenvalue weighted by Crippen LogP contribution is 2.17. The predicted octanol–water partition coefficient (Wildman–Crippen LogP) is 3.06. The zero-order valence-electron chi connectivity index (χ0n) is 21.6. The summed E-state index contributed by atoms with van der Waals surface area (Å²) in [6.45, 7) is 10.2. The van der Waals surface area contributed by atoms with Crippen molar-refractivity contribution in [2.75, 3.05) is 13.2 Å². The van der Waals surface area contributed by atoms with Gasteiger partial charge in [0.05, 0.1) is 17.5 Å². The number of benzene rings is 2. The van der Waals surface area contributed by atoms with Gasteiger partial charge in [0, 0.05) is 23.7 Å². The highest BCUT2D eigenvalue weighted by molar-refractivity contribution is 5.98. The lowest BCUT2D eigenvalue weighted by molar-refractivity contribution is 0.0946. The van der Waals surface area contributed by atoms with Crippen molar-refractivity contribution in [3.05, 3.63) is 74.4 Å². The molecule has 1 N–H and O–H groups in total. The molecule has 4 rings (SSSR count). The highest BCUT2D eigenvalue weighted by atomic mass is 16.5. The quantitative estimate of drug-likeness (QED) is 0.350. The van der Waals surface area contributed by atoms with Crippen LogP contribution in [0.3, 0.4) is 0 Å². The summed E-state index contributed by atoms with van der Waals surface area (Å²) in [5.41, 5.74) is 0.0813. The van der Waals surface area contributed by atoms with Crippen LogP contribution >= 0.6 is 0 Å². The van der Waals surface area contributed by atoms with Gasteiger partial charge in [0.1, 0.15) is 12.3 Å². The van der Waals surface area contributed by atoms with Gasteiger partial charge in [0.15, 0.2) is 5.78 Å². The fraction of sp³-hybridized carbons (Fsp3) is 0.370. The molecule has 2 heterocycles. The van der Waals surface area contributed by atoms with Crippen molar-refractivity contribution in [2.45, 2.75) is 47.2 Å². The Morgan fingerprint density at radius 3 is 2.30 bits per heavy atom. The Kier molecular flexibility index (Phi) is 7.28. The van der Waals surface area contributed by atoms with E-state index in [9.17, 15) is 19.2 Å². The lowest BCUT2D eigenvalue weighted by Crippen LogP contribution is -2.29. The molecule has 0 bridgehead atoms. The van der Waals surface area contributed by atoms with Crippen LogP contribution in [0.1, 0.15) is 61.4 Å². The maximum atomic E-state index is 13.5. The number of aromatic nitrogens is 4. The van der Waals surface area contributed by atoms with Crippen LogP contribution < -0.4 is 21.3 Å². The summed E-state index contributed by atoms with van der Waals surface area (Å²) in [5, 5.41) is 7.50. The van der Waals surface area contributed by atoms with Gasteiger partial charge in [-0.3, -0.25) is 19.0 Å². The van der Waals surface area contributed by atoms with Crippen LogP contribution in [-0.4, -0.2) is 43.6 Å². The number of fused-ring (bicyclic) bond motifs is 3. The molecule has 10 nitrogen and oxygen atoms in total. The zero-order valence-corrected chi connectivity index (χ0v) is 21.6. The monoisotopic (exact) mass is 505 g/mol. The predicted molar refractivity (Wildman–Crippen MR) is 141 cm³/mol. The number of Topliss-reactive ketones (excluding diaryl/α,β-unsaturated/α-hetero) is 1. The number of ketones is 1. The SMILES string of the molecule is CCOc1ccc(C(=O)Cn2nc3n(C(C)C)c(=O)c4ccc(C(=O)NCC(C)C)cc4n3c2=O)cc1. The molecule has 0 aliphatic carbocycles. The molecule has 0 atom stereocenters. The molecule has 0 fully saturated rings. The lowest BCUT2D eigenvalue weighted by atomic mass is 10.1. The second-order valence-electron chi connectivity index (χ2n) is 9.56. The van der Waals surface area contributed by atoms with E-state index in [0.717, 1.165) is 4.68 Å². The van der Waals surface area contributed by atoms with E-state index in [1.807, 2.05) is 34.6 Å². The largest absolute Gasteiger partial charge is 0.494 e. The molecule has 2 aromatic carbocycles. The summed E-state index contributed by atoms with van der Waals surface area (Å²) in [6, 6.07) is 11.0. The molecule has 0 aliphatic heterocycles. The van der Waals surface area contributed by atoms with Gasteiger partial charge in [-0.05, 0) is 69.2 Å². The average Bonchev–Trinajstić information content (AvgIpc) is 3.18. The number of carbonyl (C=O) groups excluding carboxylic acids is 2. The smallest absolute Gasteiger partial charge is 0.352 e. The van der Waals surface area contributed by atoms with Crippen molar-refractivity contribution in [1.82, 2.24) is 24.1 Å². The van der Waals surface area contributed by atoms with Crippen LogP contribution in [0.2, 0.25) is 0 Å². The van der Waals surface area contributed by atoms with E-state index in [1.54, 1.807) is 36.4 Å². The van der Waals surface area contributed by atoms with Gasteiger partial charge in [-0.15, -0.1) is 5.10 Å². The number of hydrogen-bond acceptors (Lipinski definition) is 6. The van der Waals surface area contributed by atoms with Crippen LogP contribution in [-0.2, 0) is 6.54 Å². The van der Waals surface area contributed by atoms with Gasteiger partial charge in [-0.2, -0.15) is 0 Å². The third kappa shape index (κ3) is 5.04. The lowest BCUT2D eigenvalue weighted by Gasteiger charge is -2.13. The van der Waals surface area contributed by atoms with E-state index in [-0.39, 0.29) is 52.4 Å². The minimum absolute atomic E-state index is 0.108. The van der Waals surface area contributed by atoms with Crippen molar-refractivity contribution >= 4 is 28.4 Å². The third-order valence-electron chi connectivity index (χ3n) is 5.96. The van der Waals surface area contributed by atoms with Crippen LogP contribution in [0.15, 0.2) is 52.1 Å². The normalized spacial score (nSPS) is 11.5. The molecule has 0 spiro atoms. The molecule has 0 saturated heterocycles. The Morgan fingerprint density at radius 1 is 1.00 bits per heavy atom. The molecule has 2 aromatic heterocycles. The summed E-state index contributed by atoms with van der Waals surface area (Å²) >= 11 is 0. The topological polar surface area (TPSA) is 117 Å². The average molecular weight is 506 g/mol. The van der Waals surface area contributed by atoms with Gasteiger partial charge in [0.2, 0.25) is 5.78 Å². The zero-order chi connectivity index (χ0) is 26.9. The van der Waals surface area contributed by atoms with E-state index in [0.29, 0.717) is 30.0 Å². The molecule has 0 saturated carbocycles. The summed E-state index contributed by atoms with van der Waals surface area (Å²) in [4.78, 5) is 52.5. The Morgan fingerprint density at radius 2 is 1.68 bits per heavy atom. The van der Waals surface area contributed by atoms with E-state index in [2.05, 4.69) is 10.4 Å². The number of rotatable bonds is 9. The fourth-order valence-electron chi connectivity index (χ4n) is 4.12. The Bertz CT molecular complexity index is 1590. The molecule has 194 valence electrons. The second-order valence-corrected chi connectivity index (χ2v) is 9.56. The summed E-state index contributed by atoms with van der Waals surface area (Å²) in [7, 11) is 0. The fourth-order valence-corrected chi connectivity index (χ4v) is 4.12.